The molecule has 2 N–H and O–H groups in total. The van der Waals surface area contributed by atoms with E-state index in [1.807, 2.05) is 0 Å². The Hall–Kier alpha value is -2.29. The van der Waals surface area contributed by atoms with Crippen LogP contribution in [0.25, 0.3) is 0 Å². The van der Waals surface area contributed by atoms with Gasteiger partial charge in [-0.15, -0.1) is 0 Å². The topological polar surface area (TPSA) is 57.5 Å². The van der Waals surface area contributed by atoms with E-state index in [2.05, 4.69) is 37.3 Å². The van der Waals surface area contributed by atoms with Gasteiger partial charge < -0.3 is 10.2 Å². The molecule has 3 heteroatoms. The lowest BCUT2D eigenvalue weighted by Gasteiger charge is -1.96. The van der Waals surface area contributed by atoms with Crippen LogP contribution in [0.5, 0.6) is 5.75 Å². The lowest BCUT2D eigenvalue weighted by atomic mass is 10.1. The standard InChI is InChI=1S/C10H14.C7H6O3/c1-2-3-7-10-8-5-4-6-9-10;8-6-4-2-1-3-5(6)7(9)10/h4-6,8-9H,2-3,7H2,1H3;1-4,8H,(H,9,10). The van der Waals surface area contributed by atoms with E-state index in [9.17, 15) is 4.79 Å². The van der Waals surface area contributed by atoms with E-state index in [4.69, 9.17) is 10.2 Å². The Morgan fingerprint density at radius 3 is 2.10 bits per heavy atom. The normalized spacial score (nSPS) is 9.45. The average molecular weight is 272 g/mol. The number of carbonyl (C=O) groups is 1. The van der Waals surface area contributed by atoms with Gasteiger partial charge in [-0.25, -0.2) is 4.79 Å². The van der Waals surface area contributed by atoms with E-state index < -0.39 is 5.97 Å². The van der Waals surface area contributed by atoms with Gasteiger partial charge >= 0.3 is 5.97 Å². The molecular formula is C17H20O3. The lowest BCUT2D eigenvalue weighted by molar-refractivity contribution is 0.0693. The molecule has 0 aliphatic heterocycles. The minimum Gasteiger partial charge on any atom is -0.507 e. The summed E-state index contributed by atoms with van der Waals surface area (Å²) in [5.41, 5.74) is 1.40. The monoisotopic (exact) mass is 272 g/mol. The summed E-state index contributed by atoms with van der Waals surface area (Å²) < 4.78 is 0. The molecule has 0 aromatic heterocycles. The summed E-state index contributed by atoms with van der Waals surface area (Å²) in [6.45, 7) is 2.23. The van der Waals surface area contributed by atoms with E-state index in [-0.39, 0.29) is 11.3 Å². The second-order valence-electron chi connectivity index (χ2n) is 4.41. The first-order valence-corrected chi connectivity index (χ1v) is 6.70. The van der Waals surface area contributed by atoms with E-state index in [0.717, 1.165) is 0 Å². The molecule has 0 amide bonds. The van der Waals surface area contributed by atoms with Gasteiger partial charge in [-0.3, -0.25) is 0 Å². The highest BCUT2D eigenvalue weighted by Gasteiger charge is 2.05. The quantitative estimate of drug-likeness (QED) is 0.880. The number of carboxylic acid groups (broad SMARTS) is 1. The number of phenols is 1. The van der Waals surface area contributed by atoms with Gasteiger partial charge in [0.15, 0.2) is 0 Å². The third-order valence-electron chi connectivity index (χ3n) is 2.80. The maximum atomic E-state index is 10.3. The zero-order valence-electron chi connectivity index (χ0n) is 11.6. The molecule has 0 unspecified atom stereocenters. The SMILES string of the molecule is CCCCc1ccccc1.O=C(O)c1ccccc1O. The number of para-hydroxylation sites is 1. The number of hydrogen-bond donors (Lipinski definition) is 2. The number of carboxylic acids is 1. The van der Waals surface area contributed by atoms with Crippen LogP contribution < -0.4 is 0 Å². The van der Waals surface area contributed by atoms with Crippen molar-refractivity contribution in [3.63, 3.8) is 0 Å². The van der Waals surface area contributed by atoms with Crippen molar-refractivity contribution in [1.29, 1.82) is 0 Å². The molecule has 0 aliphatic rings. The van der Waals surface area contributed by atoms with Gasteiger partial charge in [0.25, 0.3) is 0 Å². The molecule has 0 saturated heterocycles. The van der Waals surface area contributed by atoms with Crippen LogP contribution in [0.2, 0.25) is 0 Å². The van der Waals surface area contributed by atoms with E-state index in [0.29, 0.717) is 0 Å². The summed E-state index contributed by atoms with van der Waals surface area (Å²) in [6.07, 6.45) is 3.83. The van der Waals surface area contributed by atoms with Crippen molar-refractivity contribution < 1.29 is 15.0 Å². The van der Waals surface area contributed by atoms with Crippen molar-refractivity contribution in [2.24, 2.45) is 0 Å². The third kappa shape index (κ3) is 5.57. The molecule has 0 fully saturated rings. The Bertz CT molecular complexity index is 521. The molecule has 0 saturated carbocycles. The average Bonchev–Trinajstić information content (AvgIpc) is 2.47. The molecule has 2 rings (SSSR count). The predicted octanol–water partition coefficient (Wildman–Crippen LogP) is 4.12. The van der Waals surface area contributed by atoms with Gasteiger partial charge in [0.2, 0.25) is 0 Å². The van der Waals surface area contributed by atoms with Crippen molar-refractivity contribution >= 4 is 5.97 Å². The van der Waals surface area contributed by atoms with E-state index in [1.54, 1.807) is 12.1 Å². The van der Waals surface area contributed by atoms with Gasteiger partial charge in [0, 0.05) is 0 Å². The molecule has 106 valence electrons. The third-order valence-corrected chi connectivity index (χ3v) is 2.80. The highest BCUT2D eigenvalue weighted by atomic mass is 16.4. The summed E-state index contributed by atoms with van der Waals surface area (Å²) in [7, 11) is 0. The minimum atomic E-state index is -1.11. The maximum absolute atomic E-state index is 10.3. The van der Waals surface area contributed by atoms with Crippen LogP contribution in [0.1, 0.15) is 35.7 Å². The molecule has 3 nitrogen and oxygen atoms in total. The fraction of sp³-hybridized carbons (Fsp3) is 0.235. The summed E-state index contributed by atoms with van der Waals surface area (Å²) in [5.74, 6) is -1.31. The fourth-order valence-electron chi connectivity index (χ4n) is 1.68. The second-order valence-corrected chi connectivity index (χ2v) is 4.41. The van der Waals surface area contributed by atoms with Crippen LogP contribution in [-0.4, -0.2) is 16.2 Å². The Morgan fingerprint density at radius 1 is 1.00 bits per heavy atom. The molecular weight excluding hydrogens is 252 g/mol. The van der Waals surface area contributed by atoms with Crippen LogP contribution in [0, 0.1) is 0 Å². The molecule has 0 atom stereocenters. The maximum Gasteiger partial charge on any atom is 0.339 e. The summed E-state index contributed by atoms with van der Waals surface area (Å²) in [6, 6.07) is 16.5. The van der Waals surface area contributed by atoms with E-state index in [1.165, 1.54) is 37.0 Å². The van der Waals surface area contributed by atoms with Crippen molar-refractivity contribution in [3.8, 4) is 5.75 Å². The number of aromatic carboxylic acids is 1. The van der Waals surface area contributed by atoms with Crippen LogP contribution in [0.3, 0.4) is 0 Å². The number of unbranched alkanes of at least 4 members (excludes halogenated alkanes) is 1. The van der Waals surface area contributed by atoms with Gasteiger partial charge in [-0.2, -0.15) is 0 Å². The number of rotatable bonds is 4. The lowest BCUT2D eigenvalue weighted by Crippen LogP contribution is -1.95. The number of aromatic hydroxyl groups is 1. The Labute approximate surface area is 119 Å². The first kappa shape index (κ1) is 15.8. The number of benzene rings is 2. The number of hydrogen-bond acceptors (Lipinski definition) is 2. The fourth-order valence-corrected chi connectivity index (χ4v) is 1.68. The zero-order chi connectivity index (χ0) is 14.8. The molecule has 20 heavy (non-hydrogen) atoms. The molecule has 0 heterocycles. The van der Waals surface area contributed by atoms with Gasteiger partial charge in [-0.05, 0) is 30.5 Å². The van der Waals surface area contributed by atoms with Crippen LogP contribution in [-0.2, 0) is 6.42 Å². The second kappa shape index (κ2) is 8.75. The molecule has 0 spiro atoms. The van der Waals surface area contributed by atoms with E-state index >= 15 is 0 Å². The predicted molar refractivity (Wildman–Crippen MR) is 80.1 cm³/mol. The smallest absolute Gasteiger partial charge is 0.339 e. The highest BCUT2D eigenvalue weighted by Crippen LogP contribution is 2.14. The summed E-state index contributed by atoms with van der Waals surface area (Å²) in [4.78, 5) is 10.3. The zero-order valence-corrected chi connectivity index (χ0v) is 11.6. The molecule has 0 bridgehead atoms. The largest absolute Gasteiger partial charge is 0.507 e. The van der Waals surface area contributed by atoms with Crippen LogP contribution >= 0.6 is 0 Å². The number of aryl methyl sites for hydroxylation is 1. The van der Waals surface area contributed by atoms with Crippen molar-refractivity contribution in [2.45, 2.75) is 26.2 Å². The first-order valence-electron chi connectivity index (χ1n) is 6.70. The molecule has 2 aromatic rings. The van der Waals surface area contributed by atoms with Crippen molar-refractivity contribution in [1.82, 2.24) is 0 Å². The Kier molecular flexibility index (Phi) is 6.90. The van der Waals surface area contributed by atoms with Crippen molar-refractivity contribution in [3.05, 3.63) is 65.7 Å². The Balaban J connectivity index is 0.000000200. The van der Waals surface area contributed by atoms with Gasteiger partial charge in [0.05, 0.1) is 0 Å². The first-order chi connectivity index (χ1) is 9.65. The Morgan fingerprint density at radius 2 is 1.60 bits per heavy atom. The van der Waals surface area contributed by atoms with Gasteiger partial charge in [0.1, 0.15) is 11.3 Å². The van der Waals surface area contributed by atoms with Crippen LogP contribution in [0.15, 0.2) is 54.6 Å². The summed E-state index contributed by atoms with van der Waals surface area (Å²) >= 11 is 0. The molecule has 0 radical (unpaired) electrons. The molecule has 2 aromatic carbocycles. The highest BCUT2D eigenvalue weighted by molar-refractivity contribution is 5.90. The van der Waals surface area contributed by atoms with Gasteiger partial charge in [-0.1, -0.05) is 55.8 Å². The molecule has 0 aliphatic carbocycles. The van der Waals surface area contributed by atoms with Crippen LogP contribution in [0.4, 0.5) is 0 Å². The van der Waals surface area contributed by atoms with Crippen molar-refractivity contribution in [2.75, 3.05) is 0 Å². The minimum absolute atomic E-state index is 0.0671. The summed E-state index contributed by atoms with van der Waals surface area (Å²) in [5, 5.41) is 17.3.